The summed E-state index contributed by atoms with van der Waals surface area (Å²) in [6.45, 7) is 1.83. The molecule has 1 aromatic carbocycles. The van der Waals surface area contributed by atoms with Gasteiger partial charge in [-0.2, -0.15) is 0 Å². The van der Waals surface area contributed by atoms with Gasteiger partial charge in [-0.1, -0.05) is 12.1 Å². The second-order valence-corrected chi connectivity index (χ2v) is 8.07. The number of aliphatic hydroxyl groups excluding tert-OH is 1. The zero-order valence-corrected chi connectivity index (χ0v) is 15.1. The molecule has 0 saturated carbocycles. The van der Waals surface area contributed by atoms with E-state index in [4.69, 9.17) is 0 Å². The molecule has 0 unspecified atom stereocenters. The van der Waals surface area contributed by atoms with Crippen LogP contribution in [0, 0.1) is 6.92 Å². The molecule has 0 saturated heterocycles. The molecule has 3 rings (SSSR count). The van der Waals surface area contributed by atoms with Gasteiger partial charge in [0.1, 0.15) is 0 Å². The molecule has 0 atom stereocenters. The predicted molar refractivity (Wildman–Crippen MR) is 86.4 cm³/mol. The van der Waals surface area contributed by atoms with E-state index < -0.39 is 15.9 Å². The number of carbonyl (C=O) groups excluding carboxylic acids is 1. The summed E-state index contributed by atoms with van der Waals surface area (Å²) in [5.41, 5.74) is -0.234. The number of likely N-dealkylation sites (N-methyl/N-ethyl adjacent to an activating group) is 1. The monoisotopic (exact) mass is 414 g/mol. The van der Waals surface area contributed by atoms with Crippen LogP contribution < -0.4 is 5.32 Å². The smallest absolute Gasteiger partial charge is 0.278 e. The Morgan fingerprint density at radius 3 is 2.62 bits per heavy atom. The van der Waals surface area contributed by atoms with E-state index >= 15 is 0 Å². The fourth-order valence-corrected chi connectivity index (χ4v) is 4.31. The Morgan fingerprint density at radius 1 is 1.33 bits per heavy atom. The molecule has 0 spiro atoms. The Hall–Kier alpha value is -1.87. The number of nitrogens with one attached hydrogen (secondary N) is 1. The number of hydrogen-bond donors (Lipinski definition) is 2. The Kier molecular flexibility index (Phi) is 5.05. The number of aromatic nitrogens is 1. The van der Waals surface area contributed by atoms with Crippen molar-refractivity contribution < 1.29 is 35.4 Å². The van der Waals surface area contributed by atoms with Crippen LogP contribution in [0.4, 0.5) is 5.13 Å². The number of aryl methyl sites for hydroxylation is 1. The third kappa shape index (κ3) is 2.93. The second-order valence-electron chi connectivity index (χ2n) is 4.90. The molecule has 24 heavy (non-hydrogen) atoms. The van der Waals surface area contributed by atoms with Crippen LogP contribution in [0.2, 0.25) is 0 Å². The maximum absolute atomic E-state index is 12.5. The molecule has 1 aliphatic heterocycles. The molecule has 2 heterocycles. The van der Waals surface area contributed by atoms with E-state index in [1.54, 1.807) is 18.3 Å². The van der Waals surface area contributed by atoms with E-state index in [2.05, 4.69) is 10.3 Å². The van der Waals surface area contributed by atoms with Gasteiger partial charge in [0, 0.05) is 40.8 Å². The van der Waals surface area contributed by atoms with Crippen molar-refractivity contribution in [2.24, 2.45) is 0 Å². The van der Waals surface area contributed by atoms with Gasteiger partial charge in [0.15, 0.2) is 16.6 Å². The molecule has 10 heteroatoms. The van der Waals surface area contributed by atoms with Crippen molar-refractivity contribution in [1.29, 1.82) is 0 Å². The average Bonchev–Trinajstić information content (AvgIpc) is 2.91. The third-order valence-corrected chi connectivity index (χ3v) is 6.02. The van der Waals surface area contributed by atoms with Crippen LogP contribution >= 0.6 is 11.3 Å². The molecule has 0 fully saturated rings. The van der Waals surface area contributed by atoms with Gasteiger partial charge in [-0.05, 0) is 19.1 Å². The standard InChI is InChI=1S/C14H13N3O4S2.Cu/c1-8-7-15-14(22-8)16-13(19)11-12(18)9-5-3-4-6-10(9)23(20,21)17(11)2;/h3-7,18H,1-2H3,(H,15,16,19);. The van der Waals surface area contributed by atoms with Gasteiger partial charge in [-0.3, -0.25) is 14.4 Å². The molecule has 1 aromatic heterocycles. The van der Waals surface area contributed by atoms with E-state index in [-0.39, 0.29) is 39.0 Å². The number of amides is 1. The number of benzene rings is 1. The first-order valence-electron chi connectivity index (χ1n) is 6.57. The zero-order chi connectivity index (χ0) is 16.8. The molecule has 2 aromatic rings. The molecule has 131 valence electrons. The van der Waals surface area contributed by atoms with Crippen LogP contribution in [0.5, 0.6) is 0 Å². The first kappa shape index (κ1) is 18.5. The van der Waals surface area contributed by atoms with Gasteiger partial charge < -0.3 is 5.11 Å². The van der Waals surface area contributed by atoms with Crippen molar-refractivity contribution in [3.05, 3.63) is 46.6 Å². The maximum Gasteiger partial charge on any atom is 0.278 e. The van der Waals surface area contributed by atoms with Crippen molar-refractivity contribution in [3.8, 4) is 0 Å². The molecule has 1 amide bonds. The molecule has 1 radical (unpaired) electrons. The average molecular weight is 415 g/mol. The van der Waals surface area contributed by atoms with Crippen LogP contribution in [0.3, 0.4) is 0 Å². The van der Waals surface area contributed by atoms with Gasteiger partial charge in [0.2, 0.25) is 0 Å². The summed E-state index contributed by atoms with van der Waals surface area (Å²) in [5.74, 6) is -1.12. The summed E-state index contributed by atoms with van der Waals surface area (Å²) >= 11 is 1.25. The van der Waals surface area contributed by atoms with Crippen molar-refractivity contribution >= 4 is 38.2 Å². The number of carbonyl (C=O) groups is 1. The molecule has 0 aliphatic carbocycles. The molecule has 1 aliphatic rings. The van der Waals surface area contributed by atoms with E-state index in [1.165, 1.54) is 30.5 Å². The first-order chi connectivity index (χ1) is 10.8. The third-order valence-electron chi connectivity index (χ3n) is 3.38. The first-order valence-corrected chi connectivity index (χ1v) is 8.83. The minimum Gasteiger partial charge on any atom is -0.505 e. The summed E-state index contributed by atoms with van der Waals surface area (Å²) in [5, 5.41) is 13.2. The van der Waals surface area contributed by atoms with Gasteiger partial charge in [-0.15, -0.1) is 11.3 Å². The fourth-order valence-electron chi connectivity index (χ4n) is 2.25. The summed E-state index contributed by atoms with van der Waals surface area (Å²) in [4.78, 5) is 17.3. The number of fused-ring (bicyclic) bond motifs is 1. The van der Waals surface area contributed by atoms with Crippen LogP contribution in [-0.4, -0.2) is 35.8 Å². The van der Waals surface area contributed by atoms with Crippen molar-refractivity contribution in [2.45, 2.75) is 11.8 Å². The quantitative estimate of drug-likeness (QED) is 0.731. The van der Waals surface area contributed by atoms with E-state index in [0.29, 0.717) is 5.13 Å². The number of hydrogen-bond acceptors (Lipinski definition) is 6. The maximum atomic E-state index is 12.5. The predicted octanol–water partition coefficient (Wildman–Crippen LogP) is 1.95. The molecule has 7 nitrogen and oxygen atoms in total. The minimum atomic E-state index is -3.90. The van der Waals surface area contributed by atoms with E-state index in [1.807, 2.05) is 6.92 Å². The van der Waals surface area contributed by atoms with Crippen molar-refractivity contribution in [1.82, 2.24) is 9.29 Å². The Bertz CT molecular complexity index is 937. The van der Waals surface area contributed by atoms with Crippen molar-refractivity contribution in [3.63, 3.8) is 0 Å². The SMILES string of the molecule is Cc1cnc(NC(=O)C2=C(O)c3ccccc3S(=O)(=O)N2C)s1.[Cu]. The summed E-state index contributed by atoms with van der Waals surface area (Å²) in [7, 11) is -2.67. The van der Waals surface area contributed by atoms with Crippen LogP contribution in [0.15, 0.2) is 41.1 Å². The number of thiazole rings is 1. The number of anilines is 1. The summed E-state index contributed by atoms with van der Waals surface area (Å²) in [6, 6.07) is 5.99. The number of aliphatic hydroxyl groups is 1. The number of sulfonamides is 1. The molecule has 2 N–H and O–H groups in total. The Balaban J connectivity index is 0.00000208. The minimum absolute atomic E-state index is 0. The van der Waals surface area contributed by atoms with Crippen LogP contribution in [-0.2, 0) is 31.9 Å². The van der Waals surface area contributed by atoms with Gasteiger partial charge in [0.25, 0.3) is 15.9 Å². The van der Waals surface area contributed by atoms with Gasteiger partial charge in [0.05, 0.1) is 4.90 Å². The van der Waals surface area contributed by atoms with Crippen LogP contribution in [0.1, 0.15) is 10.4 Å². The van der Waals surface area contributed by atoms with Gasteiger partial charge in [-0.25, -0.2) is 13.4 Å². The number of rotatable bonds is 2. The Labute approximate surface area is 153 Å². The number of nitrogens with zero attached hydrogens (tertiary/aromatic N) is 2. The van der Waals surface area contributed by atoms with E-state index in [9.17, 15) is 18.3 Å². The van der Waals surface area contributed by atoms with E-state index in [0.717, 1.165) is 9.18 Å². The van der Waals surface area contributed by atoms with Crippen LogP contribution in [0.25, 0.3) is 5.76 Å². The normalized spacial score (nSPS) is 15.5. The van der Waals surface area contributed by atoms with Crippen molar-refractivity contribution in [2.75, 3.05) is 12.4 Å². The zero-order valence-electron chi connectivity index (χ0n) is 12.6. The second kappa shape index (κ2) is 6.56. The fraction of sp³-hybridized carbons (Fsp3) is 0.143. The summed E-state index contributed by atoms with van der Waals surface area (Å²) < 4.78 is 25.8. The molecular weight excluding hydrogens is 402 g/mol. The summed E-state index contributed by atoms with van der Waals surface area (Å²) in [6.07, 6.45) is 1.59. The molecular formula is C14H13CuN3O4S2. The Morgan fingerprint density at radius 2 is 2.00 bits per heavy atom. The molecule has 0 bridgehead atoms. The topological polar surface area (TPSA) is 99.6 Å². The van der Waals surface area contributed by atoms with Gasteiger partial charge >= 0.3 is 0 Å². The largest absolute Gasteiger partial charge is 0.505 e.